The van der Waals surface area contributed by atoms with Crippen molar-refractivity contribution in [2.45, 2.75) is 33.2 Å². The molecule has 0 aliphatic rings. The summed E-state index contributed by atoms with van der Waals surface area (Å²) in [6.45, 7) is 6.44. The third-order valence-electron chi connectivity index (χ3n) is 2.95. The van der Waals surface area contributed by atoms with E-state index < -0.39 is 0 Å². The van der Waals surface area contributed by atoms with E-state index in [1.54, 1.807) is 11.3 Å². The molecule has 0 radical (unpaired) electrons. The van der Waals surface area contributed by atoms with Gasteiger partial charge >= 0.3 is 0 Å². The van der Waals surface area contributed by atoms with Gasteiger partial charge in [-0.25, -0.2) is 4.98 Å². The average molecular weight is 246 g/mol. The first-order valence-corrected chi connectivity index (χ1v) is 6.84. The number of para-hydroxylation sites is 1. The van der Waals surface area contributed by atoms with Crippen LogP contribution in [0, 0.1) is 6.92 Å². The van der Waals surface area contributed by atoms with Gasteiger partial charge in [-0.2, -0.15) is 0 Å². The highest BCUT2D eigenvalue weighted by Crippen LogP contribution is 2.26. The van der Waals surface area contributed by atoms with Crippen LogP contribution in [0.2, 0.25) is 0 Å². The fraction of sp³-hybridized carbons (Fsp3) is 0.357. The van der Waals surface area contributed by atoms with Gasteiger partial charge in [-0.15, -0.1) is 11.3 Å². The van der Waals surface area contributed by atoms with Gasteiger partial charge in [0.1, 0.15) is 0 Å². The van der Waals surface area contributed by atoms with E-state index >= 15 is 0 Å². The molecule has 0 bridgehead atoms. The normalized spacial score (nSPS) is 12.4. The van der Waals surface area contributed by atoms with Crippen LogP contribution in [0.15, 0.2) is 29.8 Å². The molecule has 3 heteroatoms. The van der Waals surface area contributed by atoms with E-state index in [4.69, 9.17) is 0 Å². The molecule has 0 saturated heterocycles. The third kappa shape index (κ3) is 2.67. The smallest absolute Gasteiger partial charge is 0.0798 e. The molecule has 1 atom stereocenters. The minimum Gasteiger partial charge on any atom is -0.377 e. The van der Waals surface area contributed by atoms with Crippen LogP contribution in [0.5, 0.6) is 0 Å². The van der Waals surface area contributed by atoms with Crippen LogP contribution in [0.25, 0.3) is 0 Å². The maximum absolute atomic E-state index is 4.30. The van der Waals surface area contributed by atoms with Gasteiger partial charge in [0.15, 0.2) is 0 Å². The highest BCUT2D eigenvalue weighted by atomic mass is 32.1. The summed E-state index contributed by atoms with van der Waals surface area (Å²) in [7, 11) is 0. The van der Waals surface area contributed by atoms with E-state index in [1.165, 1.54) is 16.1 Å². The molecule has 1 aromatic heterocycles. The average Bonchev–Trinajstić information content (AvgIpc) is 2.76. The SMILES string of the molecule is CCc1ccccc1NC(C)c1scnc1C. The quantitative estimate of drug-likeness (QED) is 0.875. The van der Waals surface area contributed by atoms with E-state index in [2.05, 4.69) is 55.3 Å². The van der Waals surface area contributed by atoms with Crippen molar-refractivity contribution in [3.63, 3.8) is 0 Å². The molecule has 0 fully saturated rings. The van der Waals surface area contributed by atoms with Gasteiger partial charge < -0.3 is 5.32 Å². The van der Waals surface area contributed by atoms with Crippen LogP contribution in [0.3, 0.4) is 0 Å². The Morgan fingerprint density at radius 2 is 2.12 bits per heavy atom. The molecule has 90 valence electrons. The summed E-state index contributed by atoms with van der Waals surface area (Å²) in [5.74, 6) is 0. The van der Waals surface area contributed by atoms with Crippen LogP contribution < -0.4 is 5.32 Å². The Balaban J connectivity index is 2.18. The predicted molar refractivity (Wildman–Crippen MR) is 74.7 cm³/mol. The van der Waals surface area contributed by atoms with E-state index in [0.29, 0.717) is 6.04 Å². The zero-order valence-corrected chi connectivity index (χ0v) is 11.3. The van der Waals surface area contributed by atoms with Gasteiger partial charge in [0.25, 0.3) is 0 Å². The fourth-order valence-electron chi connectivity index (χ4n) is 1.99. The van der Waals surface area contributed by atoms with Crippen molar-refractivity contribution in [2.24, 2.45) is 0 Å². The summed E-state index contributed by atoms with van der Waals surface area (Å²) in [6.07, 6.45) is 1.05. The second kappa shape index (κ2) is 5.32. The lowest BCUT2D eigenvalue weighted by Crippen LogP contribution is -2.08. The summed E-state index contributed by atoms with van der Waals surface area (Å²) >= 11 is 1.72. The minimum absolute atomic E-state index is 0.315. The molecule has 2 aromatic rings. The number of hydrogen-bond acceptors (Lipinski definition) is 3. The van der Waals surface area contributed by atoms with Gasteiger partial charge in [-0.05, 0) is 31.9 Å². The van der Waals surface area contributed by atoms with Crippen LogP contribution in [-0.4, -0.2) is 4.98 Å². The van der Waals surface area contributed by atoms with Crippen LogP contribution in [-0.2, 0) is 6.42 Å². The maximum Gasteiger partial charge on any atom is 0.0798 e. The van der Waals surface area contributed by atoms with Crippen molar-refractivity contribution in [1.29, 1.82) is 0 Å². The molecule has 1 heterocycles. The first kappa shape index (κ1) is 12.1. The van der Waals surface area contributed by atoms with Crippen LogP contribution >= 0.6 is 11.3 Å². The van der Waals surface area contributed by atoms with E-state index in [9.17, 15) is 0 Å². The molecular weight excluding hydrogens is 228 g/mol. The van der Waals surface area contributed by atoms with Gasteiger partial charge in [-0.3, -0.25) is 0 Å². The van der Waals surface area contributed by atoms with Crippen molar-refractivity contribution in [3.8, 4) is 0 Å². The molecule has 0 spiro atoms. The van der Waals surface area contributed by atoms with Gasteiger partial charge in [-0.1, -0.05) is 25.1 Å². The Hall–Kier alpha value is -1.35. The topological polar surface area (TPSA) is 24.9 Å². The first-order valence-electron chi connectivity index (χ1n) is 5.96. The Morgan fingerprint density at radius 1 is 1.35 bits per heavy atom. The first-order chi connectivity index (χ1) is 8.22. The Kier molecular flexibility index (Phi) is 3.79. The van der Waals surface area contributed by atoms with Crippen LogP contribution in [0.4, 0.5) is 5.69 Å². The molecule has 0 saturated carbocycles. The largest absolute Gasteiger partial charge is 0.377 e. The summed E-state index contributed by atoms with van der Waals surface area (Å²) in [5, 5.41) is 3.58. The minimum atomic E-state index is 0.315. The molecule has 1 aromatic carbocycles. The Bertz CT molecular complexity index is 490. The zero-order valence-electron chi connectivity index (χ0n) is 10.5. The zero-order chi connectivity index (χ0) is 12.3. The standard InChI is InChI=1S/C14H18N2S/c1-4-12-7-5-6-8-13(12)16-11(3)14-10(2)15-9-17-14/h5-9,11,16H,4H2,1-3H3. The second-order valence-corrected chi connectivity index (χ2v) is 5.07. The lowest BCUT2D eigenvalue weighted by molar-refractivity contribution is 0.885. The van der Waals surface area contributed by atoms with Crippen molar-refractivity contribution in [3.05, 3.63) is 45.9 Å². The molecule has 1 N–H and O–H groups in total. The monoisotopic (exact) mass is 246 g/mol. The fourth-order valence-corrected chi connectivity index (χ4v) is 2.81. The number of thiazole rings is 1. The lowest BCUT2D eigenvalue weighted by atomic mass is 10.1. The van der Waals surface area contributed by atoms with Crippen molar-refractivity contribution in [1.82, 2.24) is 4.98 Å². The summed E-state index contributed by atoms with van der Waals surface area (Å²) in [6, 6.07) is 8.80. The number of aryl methyl sites for hydroxylation is 2. The number of benzene rings is 1. The molecule has 0 aliphatic heterocycles. The lowest BCUT2D eigenvalue weighted by Gasteiger charge is -2.17. The molecule has 0 amide bonds. The Labute approximate surface area is 107 Å². The summed E-state index contributed by atoms with van der Waals surface area (Å²) in [4.78, 5) is 5.62. The Morgan fingerprint density at radius 3 is 2.76 bits per heavy atom. The molecule has 17 heavy (non-hydrogen) atoms. The molecule has 1 unspecified atom stereocenters. The van der Waals surface area contributed by atoms with E-state index in [-0.39, 0.29) is 0 Å². The van der Waals surface area contributed by atoms with Crippen molar-refractivity contribution < 1.29 is 0 Å². The van der Waals surface area contributed by atoms with Crippen molar-refractivity contribution in [2.75, 3.05) is 5.32 Å². The number of hydrogen-bond donors (Lipinski definition) is 1. The number of nitrogens with one attached hydrogen (secondary N) is 1. The predicted octanol–water partition coefficient (Wildman–Crippen LogP) is 4.19. The molecule has 2 nitrogen and oxygen atoms in total. The van der Waals surface area contributed by atoms with Crippen LogP contribution in [0.1, 0.15) is 36.0 Å². The number of anilines is 1. The van der Waals surface area contributed by atoms with Gasteiger partial charge in [0.05, 0.1) is 17.2 Å². The van der Waals surface area contributed by atoms with E-state index in [0.717, 1.165) is 12.1 Å². The van der Waals surface area contributed by atoms with E-state index in [1.807, 2.05) is 5.51 Å². The third-order valence-corrected chi connectivity index (χ3v) is 4.06. The van der Waals surface area contributed by atoms with Gasteiger partial charge in [0.2, 0.25) is 0 Å². The van der Waals surface area contributed by atoms with Gasteiger partial charge in [0, 0.05) is 10.6 Å². The highest BCUT2D eigenvalue weighted by molar-refractivity contribution is 7.09. The second-order valence-electron chi connectivity index (χ2n) is 4.18. The number of nitrogens with zero attached hydrogens (tertiary/aromatic N) is 1. The summed E-state index contributed by atoms with van der Waals surface area (Å²) < 4.78 is 0. The molecular formula is C14H18N2S. The van der Waals surface area contributed by atoms with Crippen molar-refractivity contribution >= 4 is 17.0 Å². The number of rotatable bonds is 4. The summed E-state index contributed by atoms with van der Waals surface area (Å²) in [5.41, 5.74) is 5.63. The molecule has 2 rings (SSSR count). The molecule has 0 aliphatic carbocycles. The maximum atomic E-state index is 4.30. The number of aromatic nitrogens is 1. The highest BCUT2D eigenvalue weighted by Gasteiger charge is 2.11.